The summed E-state index contributed by atoms with van der Waals surface area (Å²) in [5, 5.41) is 0. The molecule has 0 bridgehead atoms. The van der Waals surface area contributed by atoms with E-state index in [-0.39, 0.29) is 5.91 Å². The van der Waals surface area contributed by atoms with Gasteiger partial charge < -0.3 is 9.64 Å². The van der Waals surface area contributed by atoms with Crippen LogP contribution in [0.5, 0.6) is 5.75 Å². The third-order valence-electron chi connectivity index (χ3n) is 2.70. The Kier molecular flexibility index (Phi) is 6.44. The van der Waals surface area contributed by atoms with Gasteiger partial charge in [-0.1, -0.05) is 36.4 Å². The van der Waals surface area contributed by atoms with Crippen LogP contribution in [0.4, 0.5) is 0 Å². The zero-order chi connectivity index (χ0) is 14.1. The van der Waals surface area contributed by atoms with Crippen LogP contribution in [0.3, 0.4) is 0 Å². The summed E-state index contributed by atoms with van der Waals surface area (Å²) in [6, 6.07) is 7.86. The summed E-state index contributed by atoms with van der Waals surface area (Å²) in [6.45, 7) is 4.97. The zero-order valence-electron chi connectivity index (χ0n) is 11.8. The molecule has 0 spiro atoms. The number of para-hydroxylation sites is 1. The Labute approximate surface area is 115 Å². The van der Waals surface area contributed by atoms with E-state index in [9.17, 15) is 4.79 Å². The molecule has 0 unspecified atom stereocenters. The van der Waals surface area contributed by atoms with E-state index in [2.05, 4.69) is 0 Å². The van der Waals surface area contributed by atoms with Crippen LogP contribution >= 0.6 is 0 Å². The molecule has 0 saturated heterocycles. The van der Waals surface area contributed by atoms with Gasteiger partial charge in [-0.2, -0.15) is 0 Å². The minimum Gasteiger partial charge on any atom is -0.491 e. The van der Waals surface area contributed by atoms with Crippen LogP contribution in [-0.4, -0.2) is 31.0 Å². The fraction of sp³-hybridized carbons (Fsp3) is 0.312. The monoisotopic (exact) mass is 259 g/mol. The third kappa shape index (κ3) is 5.42. The smallest absolute Gasteiger partial charge is 0.246 e. The number of hydrogen-bond donors (Lipinski definition) is 0. The summed E-state index contributed by atoms with van der Waals surface area (Å²) in [5.41, 5.74) is 1.10. The number of benzene rings is 1. The van der Waals surface area contributed by atoms with Gasteiger partial charge >= 0.3 is 0 Å². The van der Waals surface area contributed by atoms with E-state index in [0.29, 0.717) is 13.2 Å². The number of allylic oxidation sites excluding steroid dienone is 3. The molecule has 0 aliphatic carbocycles. The Bertz CT molecular complexity index is 464. The molecule has 1 aromatic carbocycles. The van der Waals surface area contributed by atoms with Crippen LogP contribution in [0.15, 0.2) is 48.6 Å². The summed E-state index contributed by atoms with van der Waals surface area (Å²) < 4.78 is 5.65. The minimum absolute atomic E-state index is 0.0218. The van der Waals surface area contributed by atoms with E-state index in [0.717, 1.165) is 11.3 Å². The number of rotatable bonds is 6. The number of carbonyl (C=O) groups is 1. The number of hydrogen-bond acceptors (Lipinski definition) is 2. The van der Waals surface area contributed by atoms with Gasteiger partial charge in [0.15, 0.2) is 0 Å². The lowest BCUT2D eigenvalue weighted by atomic mass is 10.2. The molecule has 0 heterocycles. The number of likely N-dealkylation sites (N-methyl/N-ethyl adjacent to an activating group) is 1. The second-order valence-corrected chi connectivity index (χ2v) is 4.26. The second-order valence-electron chi connectivity index (χ2n) is 4.26. The maximum atomic E-state index is 11.7. The van der Waals surface area contributed by atoms with Crippen molar-refractivity contribution in [3.05, 3.63) is 54.1 Å². The molecular formula is C16H21NO2. The lowest BCUT2D eigenvalue weighted by molar-refractivity contribution is -0.125. The summed E-state index contributed by atoms with van der Waals surface area (Å²) in [5.74, 6) is 0.847. The molecule has 0 fully saturated rings. The topological polar surface area (TPSA) is 29.5 Å². The molecule has 0 aliphatic heterocycles. The Hall–Kier alpha value is -2.03. The first-order chi connectivity index (χ1) is 9.15. The summed E-state index contributed by atoms with van der Waals surface area (Å²) in [4.78, 5) is 13.3. The summed E-state index contributed by atoms with van der Waals surface area (Å²) in [7, 11) is 1.77. The lowest BCUT2D eigenvalue weighted by Crippen LogP contribution is -2.29. The van der Waals surface area contributed by atoms with Crippen molar-refractivity contribution in [2.45, 2.75) is 13.8 Å². The highest BCUT2D eigenvalue weighted by atomic mass is 16.5. The van der Waals surface area contributed by atoms with Crippen molar-refractivity contribution in [1.29, 1.82) is 0 Å². The largest absolute Gasteiger partial charge is 0.491 e. The minimum atomic E-state index is -0.0218. The maximum absolute atomic E-state index is 11.7. The van der Waals surface area contributed by atoms with Crippen molar-refractivity contribution in [2.24, 2.45) is 0 Å². The molecule has 0 saturated carbocycles. The summed E-state index contributed by atoms with van der Waals surface area (Å²) >= 11 is 0. The molecule has 19 heavy (non-hydrogen) atoms. The molecule has 3 heteroatoms. The lowest BCUT2D eigenvalue weighted by Gasteiger charge is -2.16. The van der Waals surface area contributed by atoms with Gasteiger partial charge in [-0.05, 0) is 25.5 Å². The third-order valence-corrected chi connectivity index (χ3v) is 2.70. The first-order valence-electron chi connectivity index (χ1n) is 6.38. The fourth-order valence-electron chi connectivity index (χ4n) is 1.50. The van der Waals surface area contributed by atoms with E-state index in [4.69, 9.17) is 4.74 Å². The van der Waals surface area contributed by atoms with Crippen LogP contribution in [0.25, 0.3) is 0 Å². The molecular weight excluding hydrogens is 238 g/mol. The quantitative estimate of drug-likeness (QED) is 0.580. The van der Waals surface area contributed by atoms with E-state index >= 15 is 0 Å². The SMILES string of the molecule is C/C=C/C=C/C(=O)N(C)CCOc1ccccc1C. The Balaban J connectivity index is 2.37. The van der Waals surface area contributed by atoms with Crippen molar-refractivity contribution in [3.63, 3.8) is 0 Å². The number of nitrogens with zero attached hydrogens (tertiary/aromatic N) is 1. The second kappa shape index (κ2) is 8.14. The molecule has 1 amide bonds. The zero-order valence-corrected chi connectivity index (χ0v) is 11.8. The Morgan fingerprint density at radius 1 is 1.32 bits per heavy atom. The molecule has 0 aromatic heterocycles. The molecule has 0 atom stereocenters. The van der Waals surface area contributed by atoms with Crippen molar-refractivity contribution in [3.8, 4) is 5.75 Å². The highest BCUT2D eigenvalue weighted by molar-refractivity contribution is 5.87. The van der Waals surface area contributed by atoms with Gasteiger partial charge in [0.2, 0.25) is 5.91 Å². The molecule has 102 valence electrons. The molecule has 0 aliphatic rings. The Morgan fingerprint density at radius 2 is 2.05 bits per heavy atom. The van der Waals surface area contributed by atoms with Gasteiger partial charge in [-0.25, -0.2) is 0 Å². The normalized spacial score (nSPS) is 11.1. The van der Waals surface area contributed by atoms with Gasteiger partial charge in [0, 0.05) is 13.1 Å². The predicted octanol–water partition coefficient (Wildman–Crippen LogP) is 2.96. The van der Waals surface area contributed by atoms with Gasteiger partial charge in [0.05, 0.1) is 6.54 Å². The van der Waals surface area contributed by atoms with Gasteiger partial charge in [-0.3, -0.25) is 4.79 Å². The highest BCUT2D eigenvalue weighted by Gasteiger charge is 2.04. The van der Waals surface area contributed by atoms with Crippen molar-refractivity contribution < 1.29 is 9.53 Å². The van der Waals surface area contributed by atoms with E-state index in [1.807, 2.05) is 50.3 Å². The first-order valence-corrected chi connectivity index (χ1v) is 6.38. The van der Waals surface area contributed by atoms with E-state index in [1.54, 1.807) is 24.1 Å². The van der Waals surface area contributed by atoms with Crippen molar-refractivity contribution >= 4 is 5.91 Å². The highest BCUT2D eigenvalue weighted by Crippen LogP contribution is 2.15. The number of carbonyl (C=O) groups excluding carboxylic acids is 1. The van der Waals surface area contributed by atoms with Crippen LogP contribution in [-0.2, 0) is 4.79 Å². The average Bonchev–Trinajstić information content (AvgIpc) is 2.41. The molecule has 0 radical (unpaired) electrons. The number of amides is 1. The maximum Gasteiger partial charge on any atom is 0.246 e. The van der Waals surface area contributed by atoms with Crippen LogP contribution in [0, 0.1) is 6.92 Å². The molecule has 0 N–H and O–H groups in total. The van der Waals surface area contributed by atoms with Crippen LogP contribution in [0.1, 0.15) is 12.5 Å². The van der Waals surface area contributed by atoms with Crippen LogP contribution < -0.4 is 4.74 Å². The van der Waals surface area contributed by atoms with Gasteiger partial charge in [0.1, 0.15) is 12.4 Å². The van der Waals surface area contributed by atoms with Gasteiger partial charge in [0.25, 0.3) is 0 Å². The van der Waals surface area contributed by atoms with E-state index in [1.165, 1.54) is 0 Å². The number of ether oxygens (including phenoxy) is 1. The predicted molar refractivity (Wildman–Crippen MR) is 78.3 cm³/mol. The first kappa shape index (κ1) is 15.0. The van der Waals surface area contributed by atoms with Crippen molar-refractivity contribution in [1.82, 2.24) is 4.90 Å². The number of aryl methyl sites for hydroxylation is 1. The summed E-state index contributed by atoms with van der Waals surface area (Å²) in [6.07, 6.45) is 7.00. The molecule has 1 rings (SSSR count). The van der Waals surface area contributed by atoms with E-state index < -0.39 is 0 Å². The Morgan fingerprint density at radius 3 is 2.74 bits per heavy atom. The van der Waals surface area contributed by atoms with Gasteiger partial charge in [-0.15, -0.1) is 0 Å². The van der Waals surface area contributed by atoms with Crippen LogP contribution in [0.2, 0.25) is 0 Å². The average molecular weight is 259 g/mol. The van der Waals surface area contributed by atoms with Crippen molar-refractivity contribution in [2.75, 3.05) is 20.2 Å². The molecule has 3 nitrogen and oxygen atoms in total. The molecule has 1 aromatic rings. The fourth-order valence-corrected chi connectivity index (χ4v) is 1.50. The standard InChI is InChI=1S/C16H21NO2/c1-4-5-6-11-16(18)17(3)12-13-19-15-10-8-7-9-14(15)2/h4-11H,12-13H2,1-3H3/b5-4+,11-6+.